The fourth-order valence-electron chi connectivity index (χ4n) is 5.12. The number of nitrogens with zero attached hydrogens (tertiary/aromatic N) is 3. The van der Waals surface area contributed by atoms with Crippen molar-refractivity contribution in [2.45, 2.75) is 26.8 Å². The second-order valence-corrected chi connectivity index (χ2v) is 11.1. The number of rotatable bonds is 6. The van der Waals surface area contributed by atoms with Gasteiger partial charge in [0, 0.05) is 29.2 Å². The van der Waals surface area contributed by atoms with Gasteiger partial charge in [0.1, 0.15) is 17.5 Å². The molecule has 4 aromatic rings. The summed E-state index contributed by atoms with van der Waals surface area (Å²) >= 11 is 13.5. The molecule has 0 radical (unpaired) electrons. The monoisotopic (exact) mass is 595 g/mol. The number of ether oxygens (including phenoxy) is 1. The number of benzene rings is 3. The number of amides is 1. The van der Waals surface area contributed by atoms with Crippen LogP contribution in [0.3, 0.4) is 0 Å². The van der Waals surface area contributed by atoms with Gasteiger partial charge in [-0.05, 0) is 55.8 Å². The lowest BCUT2D eigenvalue weighted by Gasteiger charge is -2.30. The van der Waals surface area contributed by atoms with E-state index >= 15 is 0 Å². The Morgan fingerprint density at radius 3 is 2.60 bits per heavy atom. The number of hydrogen-bond donors (Lipinski definition) is 1. The summed E-state index contributed by atoms with van der Waals surface area (Å²) < 4.78 is 7.68. The van der Waals surface area contributed by atoms with Gasteiger partial charge >= 0.3 is 0 Å². The molecular formula is C30H27Cl2N3O4S. The molecule has 1 aromatic heterocycles. The number of carbonyl (C=O) groups excluding carboxylic acids is 1. The Labute approximate surface area is 244 Å². The van der Waals surface area contributed by atoms with Crippen molar-refractivity contribution in [2.75, 3.05) is 20.2 Å². The van der Waals surface area contributed by atoms with Gasteiger partial charge in [0.25, 0.3) is 11.5 Å². The lowest BCUT2D eigenvalue weighted by atomic mass is 9.90. The Morgan fingerprint density at radius 1 is 1.18 bits per heavy atom. The van der Waals surface area contributed by atoms with E-state index in [1.165, 1.54) is 12.1 Å². The van der Waals surface area contributed by atoms with Crippen molar-refractivity contribution in [1.29, 1.82) is 0 Å². The largest absolute Gasteiger partial charge is 0.506 e. The highest BCUT2D eigenvalue weighted by atomic mass is 35.5. The molecule has 7 nitrogen and oxygen atoms in total. The first kappa shape index (κ1) is 28.0. The van der Waals surface area contributed by atoms with E-state index < -0.39 is 6.04 Å². The minimum absolute atomic E-state index is 0.0767. The Bertz CT molecular complexity index is 1870. The summed E-state index contributed by atoms with van der Waals surface area (Å²) in [7, 11) is 1.57. The van der Waals surface area contributed by atoms with Crippen LogP contribution in [0, 0.1) is 0 Å². The van der Waals surface area contributed by atoms with Crippen molar-refractivity contribution >= 4 is 57.3 Å². The van der Waals surface area contributed by atoms with Crippen LogP contribution in [-0.4, -0.2) is 40.7 Å². The number of thiazole rings is 1. The Kier molecular flexibility index (Phi) is 7.77. The van der Waals surface area contributed by atoms with E-state index in [0.29, 0.717) is 55.6 Å². The molecule has 10 heteroatoms. The van der Waals surface area contributed by atoms with Crippen molar-refractivity contribution in [1.82, 2.24) is 9.47 Å². The molecular weight excluding hydrogens is 569 g/mol. The molecule has 40 heavy (non-hydrogen) atoms. The topological polar surface area (TPSA) is 84.1 Å². The molecule has 206 valence electrons. The van der Waals surface area contributed by atoms with E-state index in [9.17, 15) is 14.7 Å². The van der Waals surface area contributed by atoms with E-state index in [0.717, 1.165) is 22.1 Å². The smallest absolute Gasteiger partial charge is 0.271 e. The second-order valence-electron chi connectivity index (χ2n) is 9.29. The van der Waals surface area contributed by atoms with Crippen LogP contribution >= 0.6 is 34.5 Å². The molecule has 2 heterocycles. The van der Waals surface area contributed by atoms with Gasteiger partial charge in [0.2, 0.25) is 0 Å². The lowest BCUT2D eigenvalue weighted by molar-refractivity contribution is -0.127. The second kappa shape index (κ2) is 11.1. The number of phenolic OH excluding ortho intramolecular Hbond substituents is 1. The van der Waals surface area contributed by atoms with Crippen LogP contribution in [-0.2, 0) is 4.79 Å². The third kappa shape index (κ3) is 4.70. The quantitative estimate of drug-likeness (QED) is 0.329. The zero-order valence-corrected chi connectivity index (χ0v) is 24.7. The molecule has 1 atom stereocenters. The van der Waals surface area contributed by atoms with Crippen LogP contribution in [0.4, 0.5) is 0 Å². The van der Waals surface area contributed by atoms with Gasteiger partial charge in [-0.25, -0.2) is 4.99 Å². The molecule has 0 unspecified atom stereocenters. The van der Waals surface area contributed by atoms with Crippen LogP contribution < -0.4 is 19.6 Å². The Hall–Kier alpha value is -3.59. The summed E-state index contributed by atoms with van der Waals surface area (Å²) in [6.07, 6.45) is 1.54. The standard InChI is InChI=1S/C30H27Cl2N3O4S/c1-5-34(6-2)29(38)24-16(3)33-30-35(26(24)25-20-10-8-7-9-17(20)11-12-22(25)39-4)28(37)23(40-30)14-18-13-19(31)15-21(32)27(18)36/h7-15,26,36H,5-6H2,1-4H3/b23-14+/t26-/m1/s1. The van der Waals surface area contributed by atoms with Crippen molar-refractivity contribution in [3.05, 3.63) is 101 Å². The maximum Gasteiger partial charge on any atom is 0.271 e. The molecule has 0 spiro atoms. The fraction of sp³-hybridized carbons (Fsp3) is 0.233. The molecule has 1 aliphatic heterocycles. The fourth-order valence-corrected chi connectivity index (χ4v) is 6.67. The highest BCUT2D eigenvalue weighted by Crippen LogP contribution is 2.40. The van der Waals surface area contributed by atoms with Crippen molar-refractivity contribution in [3.8, 4) is 11.5 Å². The summed E-state index contributed by atoms with van der Waals surface area (Å²) in [4.78, 5) is 35.0. The minimum Gasteiger partial charge on any atom is -0.506 e. The molecule has 0 saturated carbocycles. The average Bonchev–Trinajstić information content (AvgIpc) is 3.24. The summed E-state index contributed by atoms with van der Waals surface area (Å²) in [6.45, 7) is 6.64. The number of allylic oxidation sites excluding steroid dienone is 1. The number of aromatic nitrogens is 1. The van der Waals surface area contributed by atoms with Gasteiger partial charge in [-0.1, -0.05) is 64.9 Å². The highest BCUT2D eigenvalue weighted by molar-refractivity contribution is 7.07. The third-order valence-electron chi connectivity index (χ3n) is 7.07. The summed E-state index contributed by atoms with van der Waals surface area (Å²) in [5.74, 6) is 0.176. The van der Waals surface area contributed by atoms with E-state index in [-0.39, 0.29) is 22.2 Å². The molecule has 5 rings (SSSR count). The molecule has 3 aromatic carbocycles. The molecule has 1 aliphatic rings. The van der Waals surface area contributed by atoms with E-state index in [1.54, 1.807) is 29.6 Å². The first-order valence-electron chi connectivity index (χ1n) is 12.8. The molecule has 0 fully saturated rings. The average molecular weight is 597 g/mol. The van der Waals surface area contributed by atoms with Crippen LogP contribution in [0.15, 0.2) is 69.6 Å². The molecule has 0 saturated heterocycles. The third-order valence-corrected chi connectivity index (χ3v) is 8.56. The first-order chi connectivity index (χ1) is 19.2. The van der Waals surface area contributed by atoms with Gasteiger partial charge in [-0.3, -0.25) is 14.2 Å². The first-order valence-corrected chi connectivity index (χ1v) is 14.3. The highest BCUT2D eigenvalue weighted by Gasteiger charge is 2.36. The number of aromatic hydroxyl groups is 1. The number of halogens is 2. The normalized spacial score (nSPS) is 15.2. The van der Waals surface area contributed by atoms with Crippen LogP contribution in [0.25, 0.3) is 16.8 Å². The number of likely N-dealkylation sites (N-methyl/N-ethyl adjacent to an activating group) is 1. The minimum atomic E-state index is -0.802. The summed E-state index contributed by atoms with van der Waals surface area (Å²) in [5.41, 5.74) is 1.57. The SMILES string of the molecule is CCN(CC)C(=O)C1=C(C)N=c2s/c(=C/c3cc(Cl)cc(Cl)c3O)c(=O)n2[C@H]1c1c(OC)ccc2ccccc12. The number of methoxy groups -OCH3 is 1. The van der Waals surface area contributed by atoms with E-state index in [4.69, 9.17) is 32.9 Å². The predicted octanol–water partition coefficient (Wildman–Crippen LogP) is 5.28. The number of fused-ring (bicyclic) bond motifs is 2. The molecule has 1 amide bonds. The Balaban J connectivity index is 1.87. The maximum atomic E-state index is 14.1. The van der Waals surface area contributed by atoms with Crippen LogP contribution in [0.2, 0.25) is 10.0 Å². The van der Waals surface area contributed by atoms with Crippen LogP contribution in [0.1, 0.15) is 37.9 Å². The van der Waals surface area contributed by atoms with Gasteiger partial charge in [0.05, 0.1) is 27.9 Å². The van der Waals surface area contributed by atoms with E-state index in [2.05, 4.69) is 0 Å². The Morgan fingerprint density at radius 2 is 1.90 bits per heavy atom. The molecule has 0 bridgehead atoms. The molecule has 0 aliphatic carbocycles. The molecule has 1 N–H and O–H groups in total. The zero-order chi connectivity index (χ0) is 28.7. The summed E-state index contributed by atoms with van der Waals surface area (Å²) in [6, 6.07) is 13.8. The van der Waals surface area contributed by atoms with Gasteiger partial charge in [-0.15, -0.1) is 0 Å². The van der Waals surface area contributed by atoms with Gasteiger partial charge in [-0.2, -0.15) is 0 Å². The number of hydrogen-bond acceptors (Lipinski definition) is 6. The van der Waals surface area contributed by atoms with E-state index in [1.807, 2.05) is 50.2 Å². The lowest BCUT2D eigenvalue weighted by Crippen LogP contribution is -2.43. The van der Waals surface area contributed by atoms with Crippen molar-refractivity contribution < 1.29 is 14.6 Å². The summed E-state index contributed by atoms with van der Waals surface area (Å²) in [5, 5.41) is 12.7. The maximum absolute atomic E-state index is 14.1. The van der Waals surface area contributed by atoms with Gasteiger partial charge < -0.3 is 14.7 Å². The zero-order valence-electron chi connectivity index (χ0n) is 22.4. The number of carbonyl (C=O) groups is 1. The predicted molar refractivity (Wildman–Crippen MR) is 160 cm³/mol. The number of phenols is 1. The van der Waals surface area contributed by atoms with Crippen molar-refractivity contribution in [3.63, 3.8) is 0 Å². The van der Waals surface area contributed by atoms with Crippen molar-refractivity contribution in [2.24, 2.45) is 4.99 Å². The van der Waals surface area contributed by atoms with Gasteiger partial charge in [0.15, 0.2) is 4.80 Å². The van der Waals surface area contributed by atoms with Crippen LogP contribution in [0.5, 0.6) is 11.5 Å².